The molecule has 0 aromatic heterocycles. The molecule has 1 aromatic rings. The van der Waals surface area contributed by atoms with E-state index in [2.05, 4.69) is 4.72 Å². The fraction of sp³-hybridized carbons (Fsp3) is 0.417. The van der Waals surface area contributed by atoms with Crippen LogP contribution in [0.3, 0.4) is 0 Å². The van der Waals surface area contributed by atoms with Crippen LogP contribution in [0, 0.1) is 0 Å². The predicted molar refractivity (Wildman–Crippen MR) is 73.5 cm³/mol. The molecule has 0 heterocycles. The molecule has 0 fully saturated rings. The second-order valence-corrected chi connectivity index (χ2v) is 6.37. The Hall–Kier alpha value is -1.11. The molecule has 19 heavy (non-hydrogen) atoms. The Bertz CT molecular complexity index is 527. The fourth-order valence-electron chi connectivity index (χ4n) is 1.58. The first-order valence-corrected chi connectivity index (χ1v) is 7.84. The molecule has 0 bridgehead atoms. The van der Waals surface area contributed by atoms with Gasteiger partial charge in [-0.05, 0) is 24.1 Å². The third kappa shape index (κ3) is 5.59. The molecule has 1 unspecified atom stereocenters. The Balaban J connectivity index is 2.75. The zero-order chi connectivity index (χ0) is 14.5. The highest BCUT2D eigenvalue weighted by molar-refractivity contribution is 7.88. The van der Waals surface area contributed by atoms with Crippen LogP contribution in [0.4, 0.5) is 0 Å². The van der Waals surface area contributed by atoms with E-state index >= 15 is 0 Å². The van der Waals surface area contributed by atoms with Gasteiger partial charge in [0.2, 0.25) is 10.0 Å². The minimum Gasteiger partial charge on any atom is -0.480 e. The van der Waals surface area contributed by atoms with Crippen molar-refractivity contribution in [2.45, 2.75) is 31.6 Å². The van der Waals surface area contributed by atoms with E-state index in [4.69, 9.17) is 16.7 Å². The lowest BCUT2D eigenvalue weighted by Gasteiger charge is -2.13. The van der Waals surface area contributed by atoms with Crippen LogP contribution in [0.15, 0.2) is 24.3 Å². The first-order valence-electron chi connectivity index (χ1n) is 5.81. The van der Waals surface area contributed by atoms with Crippen molar-refractivity contribution in [1.82, 2.24) is 4.72 Å². The molecule has 1 atom stereocenters. The van der Waals surface area contributed by atoms with E-state index in [1.54, 1.807) is 31.2 Å². The van der Waals surface area contributed by atoms with Crippen LogP contribution in [0.1, 0.15) is 25.3 Å². The Morgan fingerprint density at radius 3 is 2.42 bits per heavy atom. The number of rotatable bonds is 7. The number of aliphatic carboxylic acids is 1. The minimum absolute atomic E-state index is 0.259. The van der Waals surface area contributed by atoms with Crippen molar-refractivity contribution in [1.29, 1.82) is 0 Å². The lowest BCUT2D eigenvalue weighted by molar-refractivity contribution is -0.139. The zero-order valence-corrected chi connectivity index (χ0v) is 12.0. The number of hydrogen-bond donors (Lipinski definition) is 2. The number of carbonyl (C=O) groups is 1. The van der Waals surface area contributed by atoms with Crippen molar-refractivity contribution in [3.8, 4) is 0 Å². The maximum absolute atomic E-state index is 11.9. The standard InChI is InChI=1S/C12H16ClNO4S/c1-2-3-11(12(15)16)14-19(17,18)8-9-4-6-10(13)7-5-9/h4-7,11,14H,2-3,8H2,1H3,(H,15,16). The maximum Gasteiger partial charge on any atom is 0.321 e. The second-order valence-electron chi connectivity index (χ2n) is 4.18. The van der Waals surface area contributed by atoms with Gasteiger partial charge in [0.05, 0.1) is 5.75 Å². The summed E-state index contributed by atoms with van der Waals surface area (Å²) in [6.45, 7) is 1.80. The summed E-state index contributed by atoms with van der Waals surface area (Å²) in [4.78, 5) is 10.9. The van der Waals surface area contributed by atoms with E-state index in [1.165, 1.54) is 0 Å². The molecule has 0 saturated heterocycles. The largest absolute Gasteiger partial charge is 0.480 e. The van der Waals surface area contributed by atoms with Crippen LogP contribution in [0.5, 0.6) is 0 Å². The number of carboxylic acid groups (broad SMARTS) is 1. The highest BCUT2D eigenvalue weighted by atomic mass is 35.5. The molecular weight excluding hydrogens is 290 g/mol. The summed E-state index contributed by atoms with van der Waals surface area (Å²) in [5.41, 5.74) is 0.553. The van der Waals surface area contributed by atoms with Crippen molar-refractivity contribution >= 4 is 27.6 Å². The smallest absolute Gasteiger partial charge is 0.321 e. The molecule has 2 N–H and O–H groups in total. The lowest BCUT2D eigenvalue weighted by atomic mass is 10.2. The molecule has 106 valence electrons. The number of sulfonamides is 1. The van der Waals surface area contributed by atoms with Crippen molar-refractivity contribution in [3.63, 3.8) is 0 Å². The second kappa shape index (κ2) is 6.88. The molecule has 0 aliphatic rings. The summed E-state index contributed by atoms with van der Waals surface area (Å²) in [6.07, 6.45) is 0.843. The zero-order valence-electron chi connectivity index (χ0n) is 10.5. The van der Waals surface area contributed by atoms with E-state index in [0.29, 0.717) is 17.0 Å². The molecule has 0 aliphatic carbocycles. The normalized spacial score (nSPS) is 13.2. The van der Waals surface area contributed by atoms with Gasteiger partial charge in [-0.2, -0.15) is 0 Å². The fourth-order valence-corrected chi connectivity index (χ4v) is 3.07. The molecule has 0 saturated carbocycles. The Kier molecular flexibility index (Phi) is 5.78. The molecule has 0 spiro atoms. The first-order chi connectivity index (χ1) is 8.84. The SMILES string of the molecule is CCCC(NS(=O)(=O)Cc1ccc(Cl)cc1)C(=O)O. The number of hydrogen-bond acceptors (Lipinski definition) is 3. The molecule has 1 rings (SSSR count). The van der Waals surface area contributed by atoms with Gasteiger partial charge < -0.3 is 5.11 Å². The molecule has 5 nitrogen and oxygen atoms in total. The van der Waals surface area contributed by atoms with E-state index in [9.17, 15) is 13.2 Å². The van der Waals surface area contributed by atoms with Gasteiger partial charge in [0.15, 0.2) is 0 Å². The molecule has 0 aliphatic heterocycles. The third-order valence-corrected chi connectivity index (χ3v) is 4.08. The number of carboxylic acids is 1. The maximum atomic E-state index is 11.9. The number of halogens is 1. The van der Waals surface area contributed by atoms with Gasteiger partial charge in [-0.15, -0.1) is 0 Å². The van der Waals surface area contributed by atoms with Gasteiger partial charge in [-0.3, -0.25) is 4.79 Å². The van der Waals surface area contributed by atoms with Crippen molar-refractivity contribution in [2.75, 3.05) is 0 Å². The van der Waals surface area contributed by atoms with E-state index in [-0.39, 0.29) is 12.2 Å². The van der Waals surface area contributed by atoms with Gasteiger partial charge in [-0.25, -0.2) is 13.1 Å². The molecule has 1 aromatic carbocycles. The Morgan fingerprint density at radius 1 is 1.37 bits per heavy atom. The summed E-state index contributed by atoms with van der Waals surface area (Å²) in [7, 11) is -3.69. The van der Waals surface area contributed by atoms with E-state index < -0.39 is 22.0 Å². The van der Waals surface area contributed by atoms with Crippen LogP contribution in [0.2, 0.25) is 5.02 Å². The highest BCUT2D eigenvalue weighted by Crippen LogP contribution is 2.12. The van der Waals surface area contributed by atoms with Crippen LogP contribution >= 0.6 is 11.6 Å². The Labute approximate surface area is 117 Å². The van der Waals surface area contributed by atoms with Crippen LogP contribution < -0.4 is 4.72 Å². The summed E-state index contributed by atoms with van der Waals surface area (Å²) in [5.74, 6) is -1.43. The quantitative estimate of drug-likeness (QED) is 0.807. The molecular formula is C12H16ClNO4S. The van der Waals surface area contributed by atoms with E-state index in [0.717, 1.165) is 0 Å². The van der Waals surface area contributed by atoms with Crippen LogP contribution in [0.25, 0.3) is 0 Å². The lowest BCUT2D eigenvalue weighted by Crippen LogP contribution is -2.41. The van der Waals surface area contributed by atoms with Gasteiger partial charge in [-0.1, -0.05) is 37.1 Å². The number of benzene rings is 1. The minimum atomic E-state index is -3.69. The van der Waals surface area contributed by atoms with Gasteiger partial charge in [0.25, 0.3) is 0 Å². The topological polar surface area (TPSA) is 83.5 Å². The highest BCUT2D eigenvalue weighted by Gasteiger charge is 2.23. The van der Waals surface area contributed by atoms with Crippen molar-refractivity contribution in [3.05, 3.63) is 34.9 Å². The van der Waals surface area contributed by atoms with Crippen molar-refractivity contribution in [2.24, 2.45) is 0 Å². The third-order valence-electron chi connectivity index (χ3n) is 2.47. The summed E-state index contributed by atoms with van der Waals surface area (Å²) in [5, 5.41) is 9.44. The molecule has 7 heteroatoms. The Morgan fingerprint density at radius 2 is 1.95 bits per heavy atom. The summed E-state index contributed by atoms with van der Waals surface area (Å²) >= 11 is 5.71. The monoisotopic (exact) mass is 305 g/mol. The summed E-state index contributed by atoms with van der Waals surface area (Å²) < 4.78 is 25.9. The average molecular weight is 306 g/mol. The predicted octanol–water partition coefficient (Wildman–Crippen LogP) is 2.01. The summed E-state index contributed by atoms with van der Waals surface area (Å²) in [6, 6.07) is 5.29. The number of nitrogens with one attached hydrogen (secondary N) is 1. The van der Waals surface area contributed by atoms with E-state index in [1.807, 2.05) is 0 Å². The van der Waals surface area contributed by atoms with Crippen molar-refractivity contribution < 1.29 is 18.3 Å². The van der Waals surface area contributed by atoms with Gasteiger partial charge in [0.1, 0.15) is 6.04 Å². The van der Waals surface area contributed by atoms with Gasteiger partial charge in [0, 0.05) is 5.02 Å². The first kappa shape index (κ1) is 15.9. The van der Waals surface area contributed by atoms with Crippen LogP contribution in [-0.2, 0) is 20.6 Å². The molecule has 0 radical (unpaired) electrons. The van der Waals surface area contributed by atoms with Gasteiger partial charge >= 0.3 is 5.97 Å². The molecule has 0 amide bonds. The average Bonchev–Trinajstić information content (AvgIpc) is 2.31. The van der Waals surface area contributed by atoms with Crippen LogP contribution in [-0.4, -0.2) is 25.5 Å².